The van der Waals surface area contributed by atoms with Crippen molar-refractivity contribution in [1.29, 1.82) is 0 Å². The maximum Gasteiger partial charge on any atom is 0.105 e. The average Bonchev–Trinajstić information content (AvgIpc) is 2.79. The van der Waals surface area contributed by atoms with Crippen LogP contribution in [0.1, 0.15) is 38.4 Å². The van der Waals surface area contributed by atoms with Gasteiger partial charge in [0.05, 0.1) is 12.4 Å². The quantitative estimate of drug-likeness (QED) is 0.826. The molecule has 1 aromatic heterocycles. The molecular formula is C14H23NO2. The molecule has 2 rings (SSSR count). The normalized spacial score (nSPS) is 26.9. The largest absolute Gasteiger partial charge is 0.469 e. The van der Waals surface area contributed by atoms with Crippen molar-refractivity contribution in [2.45, 2.75) is 51.2 Å². The first-order chi connectivity index (χ1) is 8.24. The second-order valence-electron chi connectivity index (χ2n) is 5.28. The summed E-state index contributed by atoms with van der Waals surface area (Å²) in [6, 6.07) is 4.38. The van der Waals surface area contributed by atoms with Crippen LogP contribution in [-0.4, -0.2) is 23.8 Å². The van der Waals surface area contributed by atoms with Gasteiger partial charge < -0.3 is 14.8 Å². The summed E-state index contributed by atoms with van der Waals surface area (Å²) in [6.07, 6.45) is 6.94. The lowest BCUT2D eigenvalue weighted by molar-refractivity contribution is 0.0997. The lowest BCUT2D eigenvalue weighted by Crippen LogP contribution is -2.35. The third kappa shape index (κ3) is 4.17. The molecule has 1 fully saturated rings. The van der Waals surface area contributed by atoms with Gasteiger partial charge in [-0.05, 0) is 50.8 Å². The number of aliphatic hydroxyl groups excluding tert-OH is 1. The Bertz CT molecular complexity index is 310. The minimum atomic E-state index is -0.0732. The van der Waals surface area contributed by atoms with Crippen LogP contribution in [0.4, 0.5) is 0 Å². The van der Waals surface area contributed by atoms with Gasteiger partial charge in [-0.25, -0.2) is 0 Å². The van der Waals surface area contributed by atoms with Crippen molar-refractivity contribution in [2.75, 3.05) is 6.54 Å². The van der Waals surface area contributed by atoms with E-state index in [4.69, 9.17) is 4.42 Å². The van der Waals surface area contributed by atoms with Crippen LogP contribution < -0.4 is 5.32 Å². The van der Waals surface area contributed by atoms with Crippen LogP contribution in [-0.2, 0) is 6.42 Å². The first kappa shape index (κ1) is 12.7. The Morgan fingerprint density at radius 2 is 2.41 bits per heavy atom. The van der Waals surface area contributed by atoms with Crippen LogP contribution in [0.2, 0.25) is 0 Å². The Hall–Kier alpha value is -0.800. The number of hydrogen-bond acceptors (Lipinski definition) is 3. The van der Waals surface area contributed by atoms with E-state index >= 15 is 0 Å². The highest BCUT2D eigenvalue weighted by Gasteiger charge is 2.20. The number of aliphatic hydroxyl groups is 1. The molecule has 0 aliphatic heterocycles. The van der Waals surface area contributed by atoms with E-state index in [2.05, 4.69) is 12.2 Å². The molecule has 0 amide bonds. The van der Waals surface area contributed by atoms with E-state index in [0.717, 1.165) is 31.6 Å². The predicted molar refractivity (Wildman–Crippen MR) is 67.8 cm³/mol. The molecule has 2 N–H and O–H groups in total. The van der Waals surface area contributed by atoms with Crippen molar-refractivity contribution in [3.8, 4) is 0 Å². The molecule has 1 aliphatic carbocycles. The lowest BCUT2D eigenvalue weighted by atomic mass is 9.87. The minimum absolute atomic E-state index is 0.0732. The summed E-state index contributed by atoms with van der Waals surface area (Å²) in [4.78, 5) is 0. The number of furan rings is 1. The van der Waals surface area contributed by atoms with Gasteiger partial charge in [-0.3, -0.25) is 0 Å². The first-order valence-electron chi connectivity index (χ1n) is 6.68. The van der Waals surface area contributed by atoms with Gasteiger partial charge in [-0.2, -0.15) is 0 Å². The highest BCUT2D eigenvalue weighted by Crippen LogP contribution is 2.23. The number of nitrogens with one attached hydrogen (secondary N) is 1. The molecule has 0 aromatic carbocycles. The number of hydrogen-bond donors (Lipinski definition) is 2. The zero-order valence-corrected chi connectivity index (χ0v) is 10.6. The Balaban J connectivity index is 1.67. The fourth-order valence-corrected chi connectivity index (χ4v) is 2.62. The van der Waals surface area contributed by atoms with Crippen molar-refractivity contribution >= 4 is 0 Å². The summed E-state index contributed by atoms with van der Waals surface area (Å²) in [6.45, 7) is 3.20. The molecule has 1 heterocycles. The Labute approximate surface area is 103 Å². The van der Waals surface area contributed by atoms with Gasteiger partial charge in [0, 0.05) is 12.5 Å². The molecule has 1 saturated carbocycles. The maximum atomic E-state index is 9.61. The summed E-state index contributed by atoms with van der Waals surface area (Å²) in [5.41, 5.74) is 0. The van der Waals surface area contributed by atoms with Gasteiger partial charge in [0.1, 0.15) is 5.76 Å². The Kier molecular flexibility index (Phi) is 4.63. The molecule has 3 atom stereocenters. The van der Waals surface area contributed by atoms with E-state index in [1.165, 1.54) is 12.8 Å². The van der Waals surface area contributed by atoms with Gasteiger partial charge in [-0.1, -0.05) is 6.42 Å². The molecule has 3 heteroatoms. The highest BCUT2D eigenvalue weighted by atomic mass is 16.3. The van der Waals surface area contributed by atoms with Gasteiger partial charge in [-0.15, -0.1) is 0 Å². The van der Waals surface area contributed by atoms with E-state index in [-0.39, 0.29) is 6.10 Å². The van der Waals surface area contributed by atoms with E-state index in [0.29, 0.717) is 12.0 Å². The second-order valence-corrected chi connectivity index (χ2v) is 5.28. The lowest BCUT2D eigenvalue weighted by Gasteiger charge is -2.27. The molecular weight excluding hydrogens is 214 g/mol. The van der Waals surface area contributed by atoms with E-state index in [1.807, 2.05) is 12.1 Å². The zero-order chi connectivity index (χ0) is 12.1. The van der Waals surface area contributed by atoms with Gasteiger partial charge in [0.15, 0.2) is 0 Å². The van der Waals surface area contributed by atoms with Gasteiger partial charge in [0.25, 0.3) is 0 Å². The van der Waals surface area contributed by atoms with Crippen LogP contribution in [0.3, 0.4) is 0 Å². The molecule has 0 bridgehead atoms. The Morgan fingerprint density at radius 1 is 1.53 bits per heavy atom. The third-order valence-corrected chi connectivity index (χ3v) is 3.60. The Morgan fingerprint density at radius 3 is 3.12 bits per heavy atom. The van der Waals surface area contributed by atoms with Gasteiger partial charge >= 0.3 is 0 Å². The fourth-order valence-electron chi connectivity index (χ4n) is 2.62. The second kappa shape index (κ2) is 6.22. The van der Waals surface area contributed by atoms with Crippen molar-refractivity contribution in [3.63, 3.8) is 0 Å². The van der Waals surface area contributed by atoms with Crippen molar-refractivity contribution in [1.82, 2.24) is 5.32 Å². The fraction of sp³-hybridized carbons (Fsp3) is 0.714. The molecule has 96 valence electrons. The third-order valence-electron chi connectivity index (χ3n) is 3.60. The molecule has 0 saturated heterocycles. The highest BCUT2D eigenvalue weighted by molar-refractivity contribution is 4.99. The molecule has 3 unspecified atom stereocenters. The summed E-state index contributed by atoms with van der Waals surface area (Å²) in [5.74, 6) is 1.67. The van der Waals surface area contributed by atoms with Crippen LogP contribution in [0.25, 0.3) is 0 Å². The van der Waals surface area contributed by atoms with Crippen LogP contribution in [0.15, 0.2) is 22.8 Å². The van der Waals surface area contributed by atoms with Crippen LogP contribution in [0.5, 0.6) is 0 Å². The van der Waals surface area contributed by atoms with E-state index in [1.54, 1.807) is 6.26 Å². The molecule has 17 heavy (non-hydrogen) atoms. The topological polar surface area (TPSA) is 45.4 Å². The monoisotopic (exact) mass is 237 g/mol. The van der Waals surface area contributed by atoms with Crippen molar-refractivity contribution in [2.24, 2.45) is 5.92 Å². The first-order valence-corrected chi connectivity index (χ1v) is 6.68. The standard InChI is InChI=1S/C14H23NO2/c1-11(8-14-6-3-7-17-14)15-10-12-4-2-5-13(16)9-12/h3,6-7,11-13,15-16H,2,4-5,8-10H2,1H3. The van der Waals surface area contributed by atoms with Crippen LogP contribution >= 0.6 is 0 Å². The molecule has 1 aromatic rings. The average molecular weight is 237 g/mol. The van der Waals surface area contributed by atoms with Crippen molar-refractivity contribution < 1.29 is 9.52 Å². The number of rotatable bonds is 5. The summed E-state index contributed by atoms with van der Waals surface area (Å²) in [7, 11) is 0. The minimum Gasteiger partial charge on any atom is -0.469 e. The predicted octanol–water partition coefficient (Wildman–Crippen LogP) is 2.35. The molecule has 1 aliphatic rings. The zero-order valence-electron chi connectivity index (χ0n) is 10.6. The molecule has 0 radical (unpaired) electrons. The summed E-state index contributed by atoms with van der Waals surface area (Å²) in [5, 5.41) is 13.1. The summed E-state index contributed by atoms with van der Waals surface area (Å²) >= 11 is 0. The SMILES string of the molecule is CC(Cc1ccco1)NCC1CCCC(O)C1. The maximum absolute atomic E-state index is 9.61. The molecule has 0 spiro atoms. The molecule has 3 nitrogen and oxygen atoms in total. The van der Waals surface area contributed by atoms with E-state index in [9.17, 15) is 5.11 Å². The van der Waals surface area contributed by atoms with E-state index < -0.39 is 0 Å². The summed E-state index contributed by atoms with van der Waals surface area (Å²) < 4.78 is 5.33. The smallest absolute Gasteiger partial charge is 0.105 e. The van der Waals surface area contributed by atoms with Crippen molar-refractivity contribution in [3.05, 3.63) is 24.2 Å². The van der Waals surface area contributed by atoms with Gasteiger partial charge in [0.2, 0.25) is 0 Å². The van der Waals surface area contributed by atoms with Crippen LogP contribution in [0, 0.1) is 5.92 Å².